The zero-order valence-corrected chi connectivity index (χ0v) is 11.1. The number of aromatic nitrogens is 1. The van der Waals surface area contributed by atoms with Gasteiger partial charge in [0.05, 0.1) is 11.9 Å². The first-order chi connectivity index (χ1) is 7.79. The largest absolute Gasteiger partial charge is 0.281 e. The number of sulfone groups is 1. The van der Waals surface area contributed by atoms with E-state index in [0.29, 0.717) is 0 Å². The predicted molar refractivity (Wildman–Crippen MR) is 65.7 cm³/mol. The Hall–Kier alpha value is -1.15. The van der Waals surface area contributed by atoms with E-state index < -0.39 is 24.4 Å². The van der Waals surface area contributed by atoms with E-state index in [4.69, 9.17) is 0 Å². The summed E-state index contributed by atoms with van der Waals surface area (Å²) < 4.78 is 47.3. The molecule has 1 heterocycles. The lowest BCUT2D eigenvalue weighted by molar-refractivity contribution is 0.581. The lowest BCUT2D eigenvalue weighted by Crippen LogP contribution is -2.33. The molecular formula is C9H14N2O4S2. The van der Waals surface area contributed by atoms with Gasteiger partial charge in [0.1, 0.15) is 0 Å². The minimum Gasteiger partial charge on any atom is -0.281 e. The number of nitrogens with zero attached hydrogens (tertiary/aromatic N) is 1. The van der Waals surface area contributed by atoms with Crippen LogP contribution in [0.4, 0.5) is 5.69 Å². The second-order valence-electron chi connectivity index (χ2n) is 3.41. The van der Waals surface area contributed by atoms with Crippen LogP contribution in [0.2, 0.25) is 0 Å². The Balaban J connectivity index is 2.98. The quantitative estimate of drug-likeness (QED) is 0.851. The molecule has 0 fully saturated rings. The fourth-order valence-corrected chi connectivity index (χ4v) is 4.28. The zero-order valence-electron chi connectivity index (χ0n) is 9.49. The minimum atomic E-state index is -3.96. The summed E-state index contributed by atoms with van der Waals surface area (Å²) in [5, 5.41) is 0. The molecule has 8 heteroatoms. The summed E-state index contributed by atoms with van der Waals surface area (Å²) in [5.74, 6) is -0.220. The van der Waals surface area contributed by atoms with Crippen LogP contribution in [-0.2, 0) is 19.9 Å². The molecule has 1 rings (SSSR count). The lowest BCUT2D eigenvalue weighted by Gasteiger charge is -2.14. The molecule has 0 saturated carbocycles. The molecule has 0 aliphatic carbocycles. The van der Waals surface area contributed by atoms with Crippen molar-refractivity contribution in [3.8, 4) is 0 Å². The van der Waals surface area contributed by atoms with E-state index in [1.165, 1.54) is 25.4 Å². The molecule has 1 N–H and O–H groups in total. The molecular weight excluding hydrogens is 264 g/mol. The van der Waals surface area contributed by atoms with Crippen molar-refractivity contribution in [2.45, 2.75) is 18.4 Å². The van der Waals surface area contributed by atoms with Crippen molar-refractivity contribution in [1.29, 1.82) is 0 Å². The Kier molecular flexibility index (Phi) is 4.10. The smallest absolute Gasteiger partial charge is 0.249 e. The molecule has 0 saturated heterocycles. The van der Waals surface area contributed by atoms with Gasteiger partial charge in [-0.3, -0.25) is 9.71 Å². The first kappa shape index (κ1) is 13.9. The molecule has 1 aromatic rings. The molecule has 1 aromatic heterocycles. The first-order valence-electron chi connectivity index (χ1n) is 4.93. The van der Waals surface area contributed by atoms with Gasteiger partial charge in [0.2, 0.25) is 10.0 Å². The number of anilines is 1. The third kappa shape index (κ3) is 3.40. The highest BCUT2D eigenvalue weighted by Gasteiger charge is 2.32. The van der Waals surface area contributed by atoms with Gasteiger partial charge in [-0.05, 0) is 19.1 Å². The van der Waals surface area contributed by atoms with E-state index in [1.54, 1.807) is 6.07 Å². The van der Waals surface area contributed by atoms with E-state index in [2.05, 4.69) is 9.71 Å². The summed E-state index contributed by atoms with van der Waals surface area (Å²) in [7, 11) is -7.61. The maximum absolute atomic E-state index is 11.8. The molecule has 17 heavy (non-hydrogen) atoms. The van der Waals surface area contributed by atoms with Crippen molar-refractivity contribution in [3.63, 3.8) is 0 Å². The summed E-state index contributed by atoms with van der Waals surface area (Å²) >= 11 is 0. The van der Waals surface area contributed by atoms with Crippen LogP contribution in [0.15, 0.2) is 24.5 Å². The van der Waals surface area contributed by atoms with Gasteiger partial charge in [-0.1, -0.05) is 6.92 Å². The Morgan fingerprint density at radius 1 is 1.35 bits per heavy atom. The topological polar surface area (TPSA) is 93.2 Å². The van der Waals surface area contributed by atoms with Crippen LogP contribution in [0.1, 0.15) is 13.8 Å². The monoisotopic (exact) mass is 278 g/mol. The third-order valence-electron chi connectivity index (χ3n) is 2.27. The van der Waals surface area contributed by atoms with Crippen LogP contribution in [0.25, 0.3) is 0 Å². The van der Waals surface area contributed by atoms with Crippen molar-refractivity contribution in [3.05, 3.63) is 24.5 Å². The Labute approximate surface area is 101 Å². The average molecular weight is 278 g/mol. The van der Waals surface area contributed by atoms with Gasteiger partial charge < -0.3 is 0 Å². The molecule has 6 nitrogen and oxygen atoms in total. The molecule has 0 bridgehead atoms. The summed E-state index contributed by atoms with van der Waals surface area (Å²) in [6.07, 6.45) is 2.80. The number of rotatable bonds is 5. The third-order valence-corrected chi connectivity index (χ3v) is 7.12. The Bertz CT molecular complexity index is 566. The van der Waals surface area contributed by atoms with E-state index in [1.807, 2.05) is 0 Å². The van der Waals surface area contributed by atoms with Gasteiger partial charge in [-0.25, -0.2) is 16.8 Å². The number of pyridine rings is 1. The van der Waals surface area contributed by atoms with Gasteiger partial charge in [0.15, 0.2) is 14.4 Å². The van der Waals surface area contributed by atoms with E-state index in [9.17, 15) is 16.8 Å². The van der Waals surface area contributed by atoms with Crippen LogP contribution in [-0.4, -0.2) is 32.2 Å². The molecule has 1 atom stereocenters. The Morgan fingerprint density at radius 2 is 2.00 bits per heavy atom. The van der Waals surface area contributed by atoms with Crippen molar-refractivity contribution in [2.75, 3.05) is 10.5 Å². The first-order valence-corrected chi connectivity index (χ1v) is 8.19. The predicted octanol–water partition coefficient (Wildman–Crippen LogP) is 0.604. The lowest BCUT2D eigenvalue weighted by atomic mass is 10.4. The standard InChI is InChI=1S/C9H14N2O4S2/c1-3-16(12,13)8(2)17(14,15)11-9-5-4-6-10-7-9/h4-8,11H,3H2,1-2H3. The highest BCUT2D eigenvalue weighted by molar-refractivity contribution is 8.09. The highest BCUT2D eigenvalue weighted by Crippen LogP contribution is 2.14. The summed E-state index contributed by atoms with van der Waals surface area (Å²) in [6.45, 7) is 2.56. The molecule has 0 spiro atoms. The second kappa shape index (κ2) is 5.01. The molecule has 0 radical (unpaired) electrons. The normalized spacial score (nSPS) is 14.2. The summed E-state index contributed by atoms with van der Waals surface area (Å²) in [5.41, 5.74) is 0.241. The SMILES string of the molecule is CCS(=O)(=O)C(C)S(=O)(=O)Nc1cccnc1. The van der Waals surface area contributed by atoms with Gasteiger partial charge in [0.25, 0.3) is 0 Å². The molecule has 0 aromatic carbocycles. The number of hydrogen-bond acceptors (Lipinski definition) is 5. The van der Waals surface area contributed by atoms with E-state index >= 15 is 0 Å². The van der Waals surface area contributed by atoms with E-state index in [-0.39, 0.29) is 11.4 Å². The fourth-order valence-electron chi connectivity index (χ4n) is 1.10. The maximum atomic E-state index is 11.8. The summed E-state index contributed by atoms with van der Waals surface area (Å²) in [4.78, 5) is 3.73. The van der Waals surface area contributed by atoms with Crippen molar-refractivity contribution in [2.24, 2.45) is 0 Å². The molecule has 0 aliphatic rings. The average Bonchev–Trinajstić information content (AvgIpc) is 2.28. The highest BCUT2D eigenvalue weighted by atomic mass is 32.3. The minimum absolute atomic E-state index is 0.220. The Morgan fingerprint density at radius 3 is 2.47 bits per heavy atom. The van der Waals surface area contributed by atoms with Crippen LogP contribution < -0.4 is 4.72 Å². The number of sulfonamides is 1. The van der Waals surface area contributed by atoms with Crippen LogP contribution in [0, 0.1) is 0 Å². The molecule has 0 aliphatic heterocycles. The van der Waals surface area contributed by atoms with Crippen LogP contribution in [0.3, 0.4) is 0 Å². The van der Waals surface area contributed by atoms with Crippen molar-refractivity contribution >= 4 is 25.5 Å². The van der Waals surface area contributed by atoms with Gasteiger partial charge in [-0.2, -0.15) is 0 Å². The fraction of sp³-hybridized carbons (Fsp3) is 0.444. The molecule has 96 valence electrons. The van der Waals surface area contributed by atoms with Gasteiger partial charge in [0, 0.05) is 11.9 Å². The van der Waals surface area contributed by atoms with E-state index in [0.717, 1.165) is 6.92 Å². The maximum Gasteiger partial charge on any atom is 0.249 e. The summed E-state index contributed by atoms with van der Waals surface area (Å²) in [6, 6.07) is 3.05. The van der Waals surface area contributed by atoms with Crippen molar-refractivity contribution in [1.82, 2.24) is 4.98 Å². The van der Waals surface area contributed by atoms with Crippen molar-refractivity contribution < 1.29 is 16.8 Å². The van der Waals surface area contributed by atoms with Gasteiger partial charge in [-0.15, -0.1) is 0 Å². The van der Waals surface area contributed by atoms with Crippen LogP contribution >= 0.6 is 0 Å². The number of hydrogen-bond donors (Lipinski definition) is 1. The van der Waals surface area contributed by atoms with Crippen LogP contribution in [0.5, 0.6) is 0 Å². The second-order valence-corrected chi connectivity index (χ2v) is 8.32. The van der Waals surface area contributed by atoms with Gasteiger partial charge >= 0.3 is 0 Å². The molecule has 0 amide bonds. The zero-order chi connectivity index (χ0) is 13.1. The molecule has 1 unspecified atom stereocenters. The number of nitrogens with one attached hydrogen (secondary N) is 1.